The van der Waals surface area contributed by atoms with Crippen LogP contribution in [0.5, 0.6) is 17.2 Å². The van der Waals surface area contributed by atoms with Gasteiger partial charge in [0.1, 0.15) is 10.8 Å². The molecule has 29 heavy (non-hydrogen) atoms. The second-order valence-electron chi connectivity index (χ2n) is 6.47. The van der Waals surface area contributed by atoms with Crippen molar-refractivity contribution in [3.05, 3.63) is 58.6 Å². The molecule has 1 amide bonds. The summed E-state index contributed by atoms with van der Waals surface area (Å²) in [6.45, 7) is 2.43. The Bertz CT molecular complexity index is 1000. The van der Waals surface area contributed by atoms with Crippen LogP contribution >= 0.6 is 11.3 Å². The highest BCUT2D eigenvalue weighted by Crippen LogP contribution is 2.33. The van der Waals surface area contributed by atoms with Crippen LogP contribution in [0.2, 0.25) is 0 Å². The number of hydrogen-bond donors (Lipinski definition) is 1. The van der Waals surface area contributed by atoms with Gasteiger partial charge in [0.25, 0.3) is 0 Å². The zero-order chi connectivity index (χ0) is 20.8. The van der Waals surface area contributed by atoms with Gasteiger partial charge in [-0.2, -0.15) is 0 Å². The van der Waals surface area contributed by atoms with Gasteiger partial charge in [0, 0.05) is 17.5 Å². The number of benzene rings is 2. The normalized spacial score (nSPS) is 10.5. The highest BCUT2D eigenvalue weighted by Gasteiger charge is 2.12. The molecule has 0 unspecified atom stereocenters. The van der Waals surface area contributed by atoms with Gasteiger partial charge >= 0.3 is 0 Å². The number of ether oxygens (including phenoxy) is 3. The third kappa shape index (κ3) is 5.06. The summed E-state index contributed by atoms with van der Waals surface area (Å²) >= 11 is 1.49. The molecular weight excluding hydrogens is 388 g/mol. The summed E-state index contributed by atoms with van der Waals surface area (Å²) in [7, 11) is 4.84. The zero-order valence-corrected chi connectivity index (χ0v) is 17.8. The molecule has 7 heteroatoms. The second-order valence-corrected chi connectivity index (χ2v) is 7.33. The van der Waals surface area contributed by atoms with Gasteiger partial charge in [-0.15, -0.1) is 11.3 Å². The second kappa shape index (κ2) is 9.43. The lowest BCUT2D eigenvalue weighted by atomic mass is 10.1. The van der Waals surface area contributed by atoms with Crippen molar-refractivity contribution in [2.45, 2.75) is 19.9 Å². The molecule has 1 heterocycles. The van der Waals surface area contributed by atoms with E-state index in [1.54, 1.807) is 21.3 Å². The highest BCUT2D eigenvalue weighted by molar-refractivity contribution is 7.13. The Balaban J connectivity index is 1.62. The molecule has 0 radical (unpaired) electrons. The van der Waals surface area contributed by atoms with Gasteiger partial charge in [-0.3, -0.25) is 4.79 Å². The van der Waals surface area contributed by atoms with E-state index in [9.17, 15) is 4.79 Å². The number of hydrogen-bond acceptors (Lipinski definition) is 6. The topological polar surface area (TPSA) is 69.7 Å². The van der Waals surface area contributed by atoms with Crippen LogP contribution in [0.25, 0.3) is 10.6 Å². The summed E-state index contributed by atoms with van der Waals surface area (Å²) in [4.78, 5) is 16.9. The third-order valence-corrected chi connectivity index (χ3v) is 5.43. The molecule has 0 aliphatic heterocycles. The van der Waals surface area contributed by atoms with Crippen molar-refractivity contribution < 1.29 is 19.0 Å². The van der Waals surface area contributed by atoms with Crippen LogP contribution in [0.3, 0.4) is 0 Å². The number of nitrogens with one attached hydrogen (secondary N) is 1. The fraction of sp³-hybridized carbons (Fsp3) is 0.273. The van der Waals surface area contributed by atoms with Gasteiger partial charge in [-0.1, -0.05) is 12.1 Å². The quantitative estimate of drug-likeness (QED) is 0.606. The van der Waals surface area contributed by atoms with Gasteiger partial charge in [-0.05, 0) is 42.3 Å². The fourth-order valence-electron chi connectivity index (χ4n) is 2.89. The number of rotatable bonds is 8. The van der Waals surface area contributed by atoms with Crippen molar-refractivity contribution in [2.75, 3.05) is 21.3 Å². The summed E-state index contributed by atoms with van der Waals surface area (Å²) in [5.74, 6) is 2.05. The van der Waals surface area contributed by atoms with E-state index in [1.165, 1.54) is 11.3 Å². The van der Waals surface area contributed by atoms with E-state index >= 15 is 0 Å². The van der Waals surface area contributed by atoms with Crippen molar-refractivity contribution in [2.24, 2.45) is 0 Å². The van der Waals surface area contributed by atoms with Crippen LogP contribution < -0.4 is 19.5 Å². The number of thiazole rings is 1. The Labute approximate surface area is 174 Å². The first-order valence-corrected chi connectivity index (χ1v) is 9.99. The Kier molecular flexibility index (Phi) is 6.72. The molecule has 152 valence electrons. The van der Waals surface area contributed by atoms with Gasteiger partial charge in [0.2, 0.25) is 5.91 Å². The summed E-state index contributed by atoms with van der Waals surface area (Å²) in [6, 6.07) is 11.6. The van der Waals surface area contributed by atoms with Crippen LogP contribution in [-0.2, 0) is 17.8 Å². The lowest BCUT2D eigenvalue weighted by Crippen LogP contribution is -2.24. The molecule has 3 aromatic rings. The van der Waals surface area contributed by atoms with E-state index in [-0.39, 0.29) is 12.3 Å². The minimum absolute atomic E-state index is 0.0753. The van der Waals surface area contributed by atoms with Crippen molar-refractivity contribution in [3.63, 3.8) is 0 Å². The first kappa shape index (κ1) is 20.7. The molecule has 1 N–H and O–H groups in total. The number of nitrogens with zero attached hydrogens (tertiary/aromatic N) is 1. The van der Waals surface area contributed by atoms with E-state index in [0.717, 1.165) is 33.1 Å². The average molecular weight is 413 g/mol. The Morgan fingerprint density at radius 2 is 1.76 bits per heavy atom. The van der Waals surface area contributed by atoms with Crippen molar-refractivity contribution in [1.29, 1.82) is 0 Å². The first-order valence-electron chi connectivity index (χ1n) is 9.11. The SMILES string of the molecule is COc1cc(CNC(=O)Cc2csc(-c3ccc(OC)c(OC)c3)n2)ccc1C. The Morgan fingerprint density at radius 3 is 2.48 bits per heavy atom. The minimum atomic E-state index is -0.0753. The maximum Gasteiger partial charge on any atom is 0.226 e. The molecule has 0 atom stereocenters. The Hall–Kier alpha value is -3.06. The molecule has 1 aromatic heterocycles. The number of carbonyl (C=O) groups excluding carboxylic acids is 1. The van der Waals surface area contributed by atoms with E-state index in [4.69, 9.17) is 14.2 Å². The number of methoxy groups -OCH3 is 3. The molecule has 0 saturated carbocycles. The van der Waals surface area contributed by atoms with Crippen LogP contribution in [0.15, 0.2) is 41.8 Å². The van der Waals surface area contributed by atoms with Crippen LogP contribution in [0, 0.1) is 6.92 Å². The molecule has 0 fully saturated rings. The largest absolute Gasteiger partial charge is 0.496 e. The summed E-state index contributed by atoms with van der Waals surface area (Å²) in [6.07, 6.45) is 0.229. The summed E-state index contributed by atoms with van der Waals surface area (Å²) < 4.78 is 15.9. The predicted octanol–water partition coefficient (Wildman–Crippen LogP) is 4.00. The summed E-state index contributed by atoms with van der Waals surface area (Å²) in [5.41, 5.74) is 3.71. The highest BCUT2D eigenvalue weighted by atomic mass is 32.1. The van der Waals surface area contributed by atoms with Gasteiger partial charge in [0.05, 0.1) is 33.4 Å². The van der Waals surface area contributed by atoms with Gasteiger partial charge in [0.15, 0.2) is 11.5 Å². The van der Waals surface area contributed by atoms with E-state index < -0.39 is 0 Å². The van der Waals surface area contributed by atoms with E-state index in [2.05, 4.69) is 10.3 Å². The first-order chi connectivity index (χ1) is 14.0. The standard InChI is InChI=1S/C22H24N2O4S/c1-14-5-6-15(9-19(14)27-3)12-23-21(25)11-17-13-29-22(24-17)16-7-8-18(26-2)20(10-16)28-4/h5-10,13H,11-12H2,1-4H3,(H,23,25). The molecule has 0 aliphatic rings. The van der Waals surface area contributed by atoms with Crippen molar-refractivity contribution >= 4 is 17.2 Å². The molecular formula is C22H24N2O4S. The zero-order valence-electron chi connectivity index (χ0n) is 16.9. The van der Waals surface area contributed by atoms with Crippen LogP contribution in [-0.4, -0.2) is 32.2 Å². The van der Waals surface area contributed by atoms with E-state index in [0.29, 0.717) is 18.0 Å². The van der Waals surface area contributed by atoms with Crippen LogP contribution in [0.1, 0.15) is 16.8 Å². The third-order valence-electron chi connectivity index (χ3n) is 4.49. The van der Waals surface area contributed by atoms with Crippen LogP contribution in [0.4, 0.5) is 0 Å². The van der Waals surface area contributed by atoms with Gasteiger partial charge < -0.3 is 19.5 Å². The maximum absolute atomic E-state index is 12.3. The molecule has 0 bridgehead atoms. The van der Waals surface area contributed by atoms with Crippen molar-refractivity contribution in [1.82, 2.24) is 10.3 Å². The molecule has 6 nitrogen and oxygen atoms in total. The molecule has 0 saturated heterocycles. The maximum atomic E-state index is 12.3. The fourth-order valence-corrected chi connectivity index (χ4v) is 3.71. The number of carbonyl (C=O) groups is 1. The van der Waals surface area contributed by atoms with Gasteiger partial charge in [-0.25, -0.2) is 4.98 Å². The smallest absolute Gasteiger partial charge is 0.226 e. The lowest BCUT2D eigenvalue weighted by Gasteiger charge is -2.09. The number of aryl methyl sites for hydroxylation is 1. The molecule has 3 rings (SSSR count). The molecule has 0 aliphatic carbocycles. The minimum Gasteiger partial charge on any atom is -0.496 e. The number of amides is 1. The molecule has 0 spiro atoms. The Morgan fingerprint density at radius 1 is 1.00 bits per heavy atom. The lowest BCUT2D eigenvalue weighted by molar-refractivity contribution is -0.120. The van der Waals surface area contributed by atoms with E-state index in [1.807, 2.05) is 48.7 Å². The molecule has 2 aromatic carbocycles. The van der Waals surface area contributed by atoms with Crippen molar-refractivity contribution in [3.8, 4) is 27.8 Å². The number of aromatic nitrogens is 1. The average Bonchev–Trinajstić information content (AvgIpc) is 3.20. The predicted molar refractivity (Wildman–Crippen MR) is 114 cm³/mol. The monoisotopic (exact) mass is 412 g/mol. The summed E-state index contributed by atoms with van der Waals surface area (Å²) in [5, 5.41) is 5.67.